The van der Waals surface area contributed by atoms with Gasteiger partial charge in [-0.25, -0.2) is 9.59 Å². The van der Waals surface area contributed by atoms with Crippen LogP contribution in [0.5, 0.6) is 0 Å². The summed E-state index contributed by atoms with van der Waals surface area (Å²) in [4.78, 5) is 30.6. The van der Waals surface area contributed by atoms with Crippen molar-refractivity contribution >= 4 is 11.9 Å². The molecule has 0 spiro atoms. The molecule has 0 saturated carbocycles. The van der Waals surface area contributed by atoms with Crippen LogP contribution in [0.1, 0.15) is 92.9 Å². The van der Waals surface area contributed by atoms with Crippen LogP contribution in [0.4, 0.5) is 0 Å². The minimum absolute atomic E-state index is 0.0583. The molecule has 0 aromatic carbocycles. The van der Waals surface area contributed by atoms with Crippen LogP contribution in [0.15, 0.2) is 44.8 Å². The zero-order valence-corrected chi connectivity index (χ0v) is 31.6. The molecule has 2 saturated heterocycles. The largest absolute Gasteiger partial charge is 0.459 e. The lowest BCUT2D eigenvalue weighted by Gasteiger charge is -2.37. The molecular weight excluding hydrogens is 660 g/mol. The fraction of sp³-hybridized carbons (Fsp3) is 0.650. The second-order valence-electron chi connectivity index (χ2n) is 15.8. The van der Waals surface area contributed by atoms with Gasteiger partial charge in [0, 0.05) is 37.6 Å². The molecule has 12 nitrogen and oxygen atoms in total. The Hall–Kier alpha value is -4.62. The molecule has 4 rings (SSSR count). The number of nitriles is 4. The molecule has 4 aliphatic rings. The summed E-state index contributed by atoms with van der Waals surface area (Å²) in [5.74, 6) is -1.56. The van der Waals surface area contributed by atoms with Crippen molar-refractivity contribution in [3.63, 3.8) is 0 Å². The SMILES string of the molecule is CC(COC(=O)/C(C#N)=C1\CC(C)(C)CC(N2CCCC2)=C1C#N)OCC(C)OCCOC(=O)/C(C#N)=C1\CC(C)(C)CC(N2CCCC2)=C1C#N. The van der Waals surface area contributed by atoms with Crippen LogP contribution >= 0.6 is 0 Å². The Bertz CT molecular complexity index is 1680. The van der Waals surface area contributed by atoms with E-state index in [-0.39, 0.29) is 48.4 Å². The van der Waals surface area contributed by atoms with E-state index in [1.54, 1.807) is 13.8 Å². The molecule has 2 aliphatic heterocycles. The van der Waals surface area contributed by atoms with Crippen molar-refractivity contribution < 1.29 is 28.5 Å². The molecule has 12 heteroatoms. The lowest BCUT2D eigenvalue weighted by molar-refractivity contribution is -0.145. The molecule has 278 valence electrons. The van der Waals surface area contributed by atoms with Crippen LogP contribution in [0, 0.1) is 56.2 Å². The van der Waals surface area contributed by atoms with Gasteiger partial charge in [-0.1, -0.05) is 27.7 Å². The predicted molar refractivity (Wildman–Crippen MR) is 191 cm³/mol. The first-order valence-corrected chi connectivity index (χ1v) is 18.3. The van der Waals surface area contributed by atoms with Crippen molar-refractivity contribution in [3.8, 4) is 24.3 Å². The highest BCUT2D eigenvalue weighted by atomic mass is 16.6. The van der Waals surface area contributed by atoms with Gasteiger partial charge in [0.25, 0.3) is 0 Å². The maximum Gasteiger partial charge on any atom is 0.349 e. The zero-order chi connectivity index (χ0) is 38.1. The maximum absolute atomic E-state index is 13.1. The molecule has 0 aromatic rings. The molecule has 2 fully saturated rings. The van der Waals surface area contributed by atoms with E-state index in [1.165, 1.54) is 0 Å². The van der Waals surface area contributed by atoms with Gasteiger partial charge < -0.3 is 28.7 Å². The van der Waals surface area contributed by atoms with Crippen molar-refractivity contribution in [2.45, 2.75) is 105 Å². The van der Waals surface area contributed by atoms with E-state index >= 15 is 0 Å². The topological polar surface area (TPSA) is 173 Å². The molecule has 0 radical (unpaired) electrons. The zero-order valence-electron chi connectivity index (χ0n) is 31.6. The Morgan fingerprint density at radius 1 is 0.635 bits per heavy atom. The minimum atomic E-state index is -0.779. The van der Waals surface area contributed by atoms with Crippen molar-refractivity contribution in [2.75, 3.05) is 52.6 Å². The van der Waals surface area contributed by atoms with Gasteiger partial charge in [0.2, 0.25) is 0 Å². The van der Waals surface area contributed by atoms with E-state index < -0.39 is 24.1 Å². The smallest absolute Gasteiger partial charge is 0.349 e. The average molecular weight is 713 g/mol. The second-order valence-corrected chi connectivity index (χ2v) is 15.8. The third-order valence-corrected chi connectivity index (χ3v) is 10.0. The summed E-state index contributed by atoms with van der Waals surface area (Å²) in [5.41, 5.74) is 2.78. The van der Waals surface area contributed by atoms with Gasteiger partial charge in [0.15, 0.2) is 0 Å². The fourth-order valence-corrected chi connectivity index (χ4v) is 7.49. The molecular formula is C40H52N6O6. The molecule has 0 aromatic heterocycles. The number of nitrogens with zero attached hydrogens (tertiary/aromatic N) is 6. The quantitative estimate of drug-likeness (QED) is 0.0958. The van der Waals surface area contributed by atoms with Crippen LogP contribution in [0.3, 0.4) is 0 Å². The van der Waals surface area contributed by atoms with Gasteiger partial charge in [-0.2, -0.15) is 21.0 Å². The van der Waals surface area contributed by atoms with E-state index in [9.17, 15) is 30.6 Å². The number of allylic oxidation sites excluding steroid dienone is 6. The maximum atomic E-state index is 13.1. The summed E-state index contributed by atoms with van der Waals surface area (Å²) < 4.78 is 22.5. The van der Waals surface area contributed by atoms with E-state index in [4.69, 9.17) is 18.9 Å². The van der Waals surface area contributed by atoms with Gasteiger partial charge in [0.05, 0.1) is 36.6 Å². The standard InChI is InChI=1S/C40H52N6O6/c1-27(49-15-16-50-37(47)33(23-43)29-17-39(3,4)19-35(31(29)21-41)45-11-7-8-12-45)25-51-28(2)26-52-38(48)34(24-44)30-18-40(5,6)20-36(32(30)22-42)46-13-9-10-14-46/h27-28H,7-20,25-26H2,1-6H3/b33-29+,34-30+. The van der Waals surface area contributed by atoms with Gasteiger partial charge in [0.1, 0.15) is 48.6 Å². The number of rotatable bonds is 13. The van der Waals surface area contributed by atoms with E-state index in [0.717, 1.165) is 63.3 Å². The summed E-state index contributed by atoms with van der Waals surface area (Å²) in [5, 5.41) is 40.1. The molecule has 2 atom stereocenters. The number of esters is 2. The lowest BCUT2D eigenvalue weighted by Crippen LogP contribution is -2.31. The molecule has 2 heterocycles. The van der Waals surface area contributed by atoms with Gasteiger partial charge in [-0.15, -0.1) is 0 Å². The van der Waals surface area contributed by atoms with E-state index in [2.05, 4.69) is 49.6 Å². The van der Waals surface area contributed by atoms with Crippen molar-refractivity contribution in [3.05, 3.63) is 44.8 Å². The first kappa shape index (κ1) is 40.2. The highest BCUT2D eigenvalue weighted by molar-refractivity contribution is 5.95. The number of hydrogen-bond acceptors (Lipinski definition) is 12. The Balaban J connectivity index is 1.27. The number of carbonyl (C=O) groups is 2. The first-order chi connectivity index (χ1) is 24.7. The lowest BCUT2D eigenvalue weighted by atomic mass is 9.72. The Morgan fingerprint density at radius 2 is 1.06 bits per heavy atom. The first-order valence-electron chi connectivity index (χ1n) is 18.3. The third kappa shape index (κ3) is 10.0. The summed E-state index contributed by atoms with van der Waals surface area (Å²) in [6.45, 7) is 15.3. The van der Waals surface area contributed by atoms with Crippen LogP contribution in [-0.2, 0) is 28.5 Å². The average Bonchev–Trinajstić information content (AvgIpc) is 3.84. The third-order valence-electron chi connectivity index (χ3n) is 10.0. The molecule has 0 amide bonds. The molecule has 0 N–H and O–H groups in total. The highest BCUT2D eigenvalue weighted by Crippen LogP contribution is 2.46. The summed E-state index contributed by atoms with van der Waals surface area (Å²) in [6.07, 6.45) is 5.55. The number of ether oxygens (including phenoxy) is 4. The van der Waals surface area contributed by atoms with Gasteiger partial charge in [-0.3, -0.25) is 0 Å². The summed E-state index contributed by atoms with van der Waals surface area (Å²) in [6, 6.07) is 8.57. The van der Waals surface area contributed by atoms with Crippen molar-refractivity contribution in [1.82, 2.24) is 9.80 Å². The molecule has 2 unspecified atom stereocenters. The normalized spacial score (nSPS) is 22.8. The van der Waals surface area contributed by atoms with Crippen molar-refractivity contribution in [1.29, 1.82) is 21.0 Å². The molecule has 0 bridgehead atoms. The highest BCUT2D eigenvalue weighted by Gasteiger charge is 2.38. The predicted octanol–water partition coefficient (Wildman–Crippen LogP) is 5.91. The molecule has 2 aliphatic carbocycles. The summed E-state index contributed by atoms with van der Waals surface area (Å²) >= 11 is 0. The van der Waals surface area contributed by atoms with Crippen LogP contribution < -0.4 is 0 Å². The number of likely N-dealkylation sites (tertiary alicyclic amines) is 2. The van der Waals surface area contributed by atoms with Crippen molar-refractivity contribution in [2.24, 2.45) is 10.8 Å². The Morgan fingerprint density at radius 3 is 1.48 bits per heavy atom. The number of carbonyl (C=O) groups excluding carboxylic acids is 2. The number of hydrogen-bond donors (Lipinski definition) is 0. The Labute approximate surface area is 308 Å². The van der Waals surface area contributed by atoms with E-state index in [1.807, 2.05) is 12.1 Å². The van der Waals surface area contributed by atoms with Crippen LogP contribution in [0.2, 0.25) is 0 Å². The minimum Gasteiger partial charge on any atom is -0.459 e. The monoisotopic (exact) mass is 712 g/mol. The Kier molecular flexibility index (Phi) is 13.7. The van der Waals surface area contributed by atoms with Crippen LogP contribution in [0.25, 0.3) is 0 Å². The van der Waals surface area contributed by atoms with E-state index in [0.29, 0.717) is 48.0 Å². The second kappa shape index (κ2) is 17.7. The fourth-order valence-electron chi connectivity index (χ4n) is 7.49. The van der Waals surface area contributed by atoms with Gasteiger partial charge in [-0.05, 0) is 87.2 Å². The van der Waals surface area contributed by atoms with Crippen LogP contribution in [-0.4, -0.2) is 86.6 Å². The van der Waals surface area contributed by atoms with Gasteiger partial charge >= 0.3 is 11.9 Å². The summed E-state index contributed by atoms with van der Waals surface area (Å²) in [7, 11) is 0. The molecule has 52 heavy (non-hydrogen) atoms.